The van der Waals surface area contributed by atoms with Crippen molar-refractivity contribution in [2.75, 3.05) is 25.0 Å². The van der Waals surface area contributed by atoms with Crippen molar-refractivity contribution in [3.8, 4) is 0 Å². The van der Waals surface area contributed by atoms with Crippen LogP contribution in [0.3, 0.4) is 0 Å². The lowest BCUT2D eigenvalue weighted by Crippen LogP contribution is -2.40. The van der Waals surface area contributed by atoms with E-state index >= 15 is 0 Å². The Morgan fingerprint density at radius 3 is 2.48 bits per heavy atom. The normalized spacial score (nSPS) is 16.6. The molecule has 1 aromatic carbocycles. The first-order valence-corrected chi connectivity index (χ1v) is 11.9. The second kappa shape index (κ2) is 8.08. The molecular weight excluding hydrogens is 416 g/mol. The largest absolute Gasteiger partial charge is 0.355 e. The van der Waals surface area contributed by atoms with Crippen molar-refractivity contribution in [3.05, 3.63) is 46.9 Å². The van der Waals surface area contributed by atoms with Gasteiger partial charge in [-0.15, -0.1) is 0 Å². The van der Waals surface area contributed by atoms with Gasteiger partial charge >= 0.3 is 0 Å². The molecule has 4 rings (SSSR count). The number of anilines is 1. The Morgan fingerprint density at radius 1 is 1.16 bits per heavy atom. The molecule has 31 heavy (non-hydrogen) atoms. The summed E-state index contributed by atoms with van der Waals surface area (Å²) in [5.74, 6) is 0.693. The first-order valence-electron chi connectivity index (χ1n) is 10.4. The van der Waals surface area contributed by atoms with Crippen LogP contribution >= 0.6 is 0 Å². The molecule has 0 atom stereocenters. The van der Waals surface area contributed by atoms with Crippen molar-refractivity contribution in [3.63, 3.8) is 0 Å². The molecule has 10 heteroatoms. The Labute approximate surface area is 181 Å². The summed E-state index contributed by atoms with van der Waals surface area (Å²) < 4.78 is 28.8. The van der Waals surface area contributed by atoms with E-state index < -0.39 is 10.0 Å². The predicted octanol–water partition coefficient (Wildman–Crippen LogP) is 2.39. The van der Waals surface area contributed by atoms with Gasteiger partial charge in [-0.3, -0.25) is 9.78 Å². The van der Waals surface area contributed by atoms with E-state index in [0.717, 1.165) is 12.8 Å². The van der Waals surface area contributed by atoms with Crippen LogP contribution in [0.25, 0.3) is 11.0 Å². The molecule has 0 aliphatic carbocycles. The molecule has 166 valence electrons. The first-order chi connectivity index (χ1) is 14.7. The summed E-state index contributed by atoms with van der Waals surface area (Å²) in [4.78, 5) is 20.1. The molecule has 0 spiro atoms. The van der Waals surface area contributed by atoms with Crippen LogP contribution in [0.2, 0.25) is 0 Å². The summed E-state index contributed by atoms with van der Waals surface area (Å²) in [5.41, 5.74) is 0.0194. The van der Waals surface area contributed by atoms with Gasteiger partial charge < -0.3 is 5.32 Å². The number of nitrogens with zero attached hydrogens (tertiary/aromatic N) is 4. The molecule has 2 aromatic heterocycles. The third-order valence-electron chi connectivity index (χ3n) is 5.59. The molecular formula is C21H28N6O3S. The fourth-order valence-electron chi connectivity index (χ4n) is 3.83. The van der Waals surface area contributed by atoms with Crippen LogP contribution in [0.15, 0.2) is 46.2 Å². The van der Waals surface area contributed by atoms with Gasteiger partial charge in [-0.2, -0.15) is 14.4 Å². The molecule has 2 N–H and O–H groups in total. The van der Waals surface area contributed by atoms with Gasteiger partial charge in [-0.05, 0) is 51.7 Å². The lowest BCUT2D eigenvalue weighted by atomic mass is 9.98. The third-order valence-corrected chi connectivity index (χ3v) is 7.50. The van der Waals surface area contributed by atoms with E-state index in [1.54, 1.807) is 45.5 Å². The number of sulfonamides is 1. The van der Waals surface area contributed by atoms with E-state index in [2.05, 4.69) is 20.4 Å². The zero-order valence-electron chi connectivity index (χ0n) is 18.0. The monoisotopic (exact) mass is 444 g/mol. The summed E-state index contributed by atoms with van der Waals surface area (Å²) in [6.45, 7) is 7.58. The molecule has 0 amide bonds. The van der Waals surface area contributed by atoms with E-state index in [1.807, 2.05) is 20.8 Å². The fourth-order valence-corrected chi connectivity index (χ4v) is 5.32. The minimum Gasteiger partial charge on any atom is -0.355 e. The topological polar surface area (TPSA) is 113 Å². The maximum atomic E-state index is 12.8. The number of H-pyrrole nitrogens is 1. The van der Waals surface area contributed by atoms with Gasteiger partial charge in [0.1, 0.15) is 5.39 Å². The highest BCUT2D eigenvalue weighted by Gasteiger charge is 2.29. The standard InChI is InChI=1S/C21H28N6O3S/c1-21(2,3)27-18-17(14-23-27)19(28)25-20(24-18)22-13-15-9-11-26(12-10-15)31(29,30)16-7-5-4-6-8-16/h4-8,14-15H,9-13H2,1-3H3,(H2,22,24,25,28). The van der Waals surface area contributed by atoms with Gasteiger partial charge in [0, 0.05) is 19.6 Å². The lowest BCUT2D eigenvalue weighted by molar-refractivity contribution is 0.282. The SMILES string of the molecule is CC(C)(C)n1ncc2c(=O)[nH]c(NCC3CCN(S(=O)(=O)c4ccccc4)CC3)nc21. The number of fused-ring (bicyclic) bond motifs is 1. The van der Waals surface area contributed by atoms with Gasteiger partial charge in [0.25, 0.3) is 5.56 Å². The number of hydrogen-bond donors (Lipinski definition) is 2. The Balaban J connectivity index is 1.41. The molecule has 0 saturated carbocycles. The van der Waals surface area contributed by atoms with Crippen molar-refractivity contribution in [1.29, 1.82) is 0 Å². The molecule has 1 fully saturated rings. The van der Waals surface area contributed by atoms with Crippen LogP contribution in [-0.2, 0) is 15.6 Å². The molecule has 1 saturated heterocycles. The fraction of sp³-hybridized carbons (Fsp3) is 0.476. The number of nitrogens with one attached hydrogen (secondary N) is 2. The van der Waals surface area contributed by atoms with E-state index in [1.165, 1.54) is 0 Å². The van der Waals surface area contributed by atoms with Crippen molar-refractivity contribution < 1.29 is 8.42 Å². The van der Waals surface area contributed by atoms with Crippen LogP contribution in [0.4, 0.5) is 5.95 Å². The Bertz CT molecular complexity index is 1220. The summed E-state index contributed by atoms with van der Waals surface area (Å²) in [6, 6.07) is 8.54. The molecule has 0 bridgehead atoms. The summed E-state index contributed by atoms with van der Waals surface area (Å²) in [5, 5.41) is 8.00. The van der Waals surface area contributed by atoms with E-state index in [0.29, 0.717) is 41.5 Å². The molecule has 1 aliphatic heterocycles. The molecule has 3 heterocycles. The molecule has 0 radical (unpaired) electrons. The average Bonchev–Trinajstić information content (AvgIpc) is 3.18. The summed E-state index contributed by atoms with van der Waals surface area (Å²) in [7, 11) is -3.45. The van der Waals surface area contributed by atoms with Gasteiger partial charge in [0.05, 0.1) is 16.6 Å². The van der Waals surface area contributed by atoms with Gasteiger partial charge in [0.2, 0.25) is 16.0 Å². The number of aromatic nitrogens is 4. The highest BCUT2D eigenvalue weighted by Crippen LogP contribution is 2.24. The van der Waals surface area contributed by atoms with E-state index in [4.69, 9.17) is 0 Å². The van der Waals surface area contributed by atoms with Crippen LogP contribution in [0.1, 0.15) is 33.6 Å². The number of hydrogen-bond acceptors (Lipinski definition) is 6. The molecule has 1 aliphatic rings. The number of piperidine rings is 1. The van der Waals surface area contributed by atoms with Gasteiger partial charge in [-0.25, -0.2) is 13.1 Å². The quantitative estimate of drug-likeness (QED) is 0.625. The van der Waals surface area contributed by atoms with Crippen LogP contribution < -0.4 is 10.9 Å². The molecule has 9 nitrogen and oxygen atoms in total. The summed E-state index contributed by atoms with van der Waals surface area (Å²) >= 11 is 0. The van der Waals surface area contributed by atoms with Crippen molar-refractivity contribution in [2.45, 2.75) is 44.0 Å². The van der Waals surface area contributed by atoms with Gasteiger partial charge in [0.15, 0.2) is 5.65 Å². The van der Waals surface area contributed by atoms with Crippen LogP contribution in [-0.4, -0.2) is 52.1 Å². The second-order valence-electron chi connectivity index (χ2n) is 8.92. The van der Waals surface area contributed by atoms with Gasteiger partial charge in [-0.1, -0.05) is 18.2 Å². The predicted molar refractivity (Wildman–Crippen MR) is 120 cm³/mol. The Kier molecular flexibility index (Phi) is 5.61. The zero-order chi connectivity index (χ0) is 22.2. The minimum atomic E-state index is -3.45. The zero-order valence-corrected chi connectivity index (χ0v) is 18.8. The maximum absolute atomic E-state index is 12.8. The van der Waals surface area contributed by atoms with E-state index in [-0.39, 0.29) is 17.0 Å². The second-order valence-corrected chi connectivity index (χ2v) is 10.9. The van der Waals surface area contributed by atoms with Crippen LogP contribution in [0, 0.1) is 5.92 Å². The Hall–Kier alpha value is -2.72. The van der Waals surface area contributed by atoms with E-state index in [9.17, 15) is 13.2 Å². The first kappa shape index (κ1) is 21.5. The lowest BCUT2D eigenvalue weighted by Gasteiger charge is -2.31. The number of benzene rings is 1. The van der Waals surface area contributed by atoms with Crippen LogP contribution in [0.5, 0.6) is 0 Å². The maximum Gasteiger partial charge on any atom is 0.263 e. The average molecular weight is 445 g/mol. The van der Waals surface area contributed by atoms with Crippen molar-refractivity contribution in [1.82, 2.24) is 24.1 Å². The third kappa shape index (κ3) is 4.35. The highest BCUT2D eigenvalue weighted by molar-refractivity contribution is 7.89. The number of aromatic amines is 1. The van der Waals surface area contributed by atoms with Crippen molar-refractivity contribution in [2.24, 2.45) is 5.92 Å². The Morgan fingerprint density at radius 2 is 1.84 bits per heavy atom. The summed E-state index contributed by atoms with van der Waals surface area (Å²) in [6.07, 6.45) is 3.02. The number of rotatable bonds is 5. The highest BCUT2D eigenvalue weighted by atomic mass is 32.2. The smallest absolute Gasteiger partial charge is 0.263 e. The molecule has 0 unspecified atom stereocenters. The molecule has 3 aromatic rings. The van der Waals surface area contributed by atoms with Crippen molar-refractivity contribution >= 4 is 27.0 Å². The minimum absolute atomic E-state index is 0.230.